The van der Waals surface area contributed by atoms with Crippen molar-refractivity contribution in [2.24, 2.45) is 10.9 Å². The molecule has 0 aromatic heterocycles. The van der Waals surface area contributed by atoms with E-state index in [1.807, 2.05) is 18.9 Å². The molecule has 9 heteroatoms. The summed E-state index contributed by atoms with van der Waals surface area (Å²) in [5, 5.41) is 11.1. The maximum Gasteiger partial charge on any atom is 0.306 e. The quantitative estimate of drug-likeness (QED) is 0.590. The molecule has 1 fully saturated rings. The zero-order valence-electron chi connectivity index (χ0n) is 16.5. The summed E-state index contributed by atoms with van der Waals surface area (Å²) in [5.41, 5.74) is -2.01. The van der Waals surface area contributed by atoms with Crippen LogP contribution in [0.2, 0.25) is 0 Å². The lowest BCUT2D eigenvalue weighted by Crippen LogP contribution is -2.59. The zero-order chi connectivity index (χ0) is 20.9. The first kappa shape index (κ1) is 21.0. The number of alkyl halides is 2. The van der Waals surface area contributed by atoms with Gasteiger partial charge in [-0.2, -0.15) is 8.78 Å². The highest BCUT2D eigenvalue weighted by atomic mass is 32.2. The summed E-state index contributed by atoms with van der Waals surface area (Å²) in [6, 6.07) is 1.55. The predicted octanol–water partition coefficient (Wildman–Crippen LogP) is 2.73. The van der Waals surface area contributed by atoms with Crippen LogP contribution in [-0.4, -0.2) is 57.0 Å². The number of aliphatic hydroxyl groups is 1. The second kappa shape index (κ2) is 6.95. The Balaban J connectivity index is 2.08. The normalized spacial score (nSPS) is 26.0. The fraction of sp³-hybridized carbons (Fsp3) is 0.632. The number of hydrogen-bond acceptors (Lipinski definition) is 5. The summed E-state index contributed by atoms with van der Waals surface area (Å²) in [7, 11) is -0.0534. The van der Waals surface area contributed by atoms with E-state index in [9.17, 15) is 13.5 Å². The SMILES string of the molecule is CCN(C)C=Nc1cc(OC)c2c(c1C)C(F)(F)[C@@]2(O)C1CCS(=O)(=O)CC1. The molecule has 1 aliphatic heterocycles. The van der Waals surface area contributed by atoms with Gasteiger partial charge >= 0.3 is 5.92 Å². The maximum absolute atomic E-state index is 15.3. The molecule has 0 radical (unpaired) electrons. The Morgan fingerprint density at radius 1 is 1.36 bits per heavy atom. The van der Waals surface area contributed by atoms with Crippen molar-refractivity contribution in [3.8, 4) is 5.75 Å². The molecule has 1 saturated heterocycles. The van der Waals surface area contributed by atoms with Crippen molar-refractivity contribution in [1.29, 1.82) is 0 Å². The summed E-state index contributed by atoms with van der Waals surface area (Å²) >= 11 is 0. The second-order valence-corrected chi connectivity index (χ2v) is 9.86. The molecule has 1 N–H and O–H groups in total. The summed E-state index contributed by atoms with van der Waals surface area (Å²) in [6.45, 7) is 4.20. The highest BCUT2D eigenvalue weighted by Crippen LogP contribution is 2.66. The molecule has 2 aliphatic rings. The second-order valence-electron chi connectivity index (χ2n) is 7.56. The lowest BCUT2D eigenvalue weighted by molar-refractivity contribution is -0.255. The number of fused-ring (bicyclic) bond motifs is 1. The van der Waals surface area contributed by atoms with E-state index in [-0.39, 0.29) is 46.8 Å². The topological polar surface area (TPSA) is 79.2 Å². The van der Waals surface area contributed by atoms with Crippen LogP contribution >= 0.6 is 0 Å². The number of hydrogen-bond donors (Lipinski definition) is 1. The molecule has 0 spiro atoms. The number of benzene rings is 1. The Morgan fingerprint density at radius 2 is 1.96 bits per heavy atom. The van der Waals surface area contributed by atoms with Crippen LogP contribution in [0.1, 0.15) is 36.5 Å². The van der Waals surface area contributed by atoms with Gasteiger partial charge in [0.1, 0.15) is 15.6 Å². The van der Waals surface area contributed by atoms with Gasteiger partial charge in [-0.25, -0.2) is 13.4 Å². The van der Waals surface area contributed by atoms with Crippen molar-refractivity contribution < 1.29 is 27.0 Å². The average Bonchev–Trinajstić information content (AvgIpc) is 2.65. The van der Waals surface area contributed by atoms with E-state index >= 15 is 8.78 Å². The average molecular weight is 416 g/mol. The van der Waals surface area contributed by atoms with Gasteiger partial charge in [0.25, 0.3) is 0 Å². The highest BCUT2D eigenvalue weighted by Gasteiger charge is 2.71. The van der Waals surface area contributed by atoms with Crippen molar-refractivity contribution in [2.75, 3.05) is 32.2 Å². The van der Waals surface area contributed by atoms with E-state index in [1.54, 1.807) is 19.3 Å². The molecule has 1 atom stereocenters. The molecular formula is C19H26F2N2O4S. The van der Waals surface area contributed by atoms with E-state index in [2.05, 4.69) is 4.99 Å². The largest absolute Gasteiger partial charge is 0.496 e. The Morgan fingerprint density at radius 3 is 2.50 bits per heavy atom. The molecule has 0 bridgehead atoms. The van der Waals surface area contributed by atoms with Gasteiger partial charge in [-0.3, -0.25) is 0 Å². The van der Waals surface area contributed by atoms with Crippen LogP contribution in [0, 0.1) is 12.8 Å². The minimum atomic E-state index is -3.51. The van der Waals surface area contributed by atoms with Crippen LogP contribution in [0.4, 0.5) is 14.5 Å². The zero-order valence-corrected chi connectivity index (χ0v) is 17.3. The van der Waals surface area contributed by atoms with E-state index in [4.69, 9.17) is 4.74 Å². The van der Waals surface area contributed by atoms with Crippen LogP contribution in [-0.2, 0) is 21.4 Å². The number of aliphatic imine (C=N–C) groups is 1. The number of methoxy groups -OCH3 is 1. The van der Waals surface area contributed by atoms with Gasteiger partial charge in [0, 0.05) is 36.7 Å². The Hall–Kier alpha value is -1.74. The van der Waals surface area contributed by atoms with Gasteiger partial charge in [-0.15, -0.1) is 0 Å². The van der Waals surface area contributed by atoms with E-state index in [0.29, 0.717) is 12.2 Å². The molecule has 156 valence electrons. The first-order chi connectivity index (χ1) is 13.0. The molecule has 28 heavy (non-hydrogen) atoms. The Kier molecular flexibility index (Phi) is 5.21. The van der Waals surface area contributed by atoms with Crippen molar-refractivity contribution in [2.45, 2.75) is 38.2 Å². The Labute approximate surface area is 164 Å². The van der Waals surface area contributed by atoms with Gasteiger partial charge in [0.2, 0.25) is 0 Å². The molecule has 1 heterocycles. The van der Waals surface area contributed by atoms with Gasteiger partial charge in [-0.05, 0) is 32.3 Å². The number of halogens is 2. The third-order valence-corrected chi connectivity index (χ3v) is 7.67. The van der Waals surface area contributed by atoms with Gasteiger partial charge in [-0.1, -0.05) is 0 Å². The van der Waals surface area contributed by atoms with Crippen LogP contribution in [0.5, 0.6) is 5.75 Å². The number of sulfone groups is 1. The van der Waals surface area contributed by atoms with Crippen LogP contribution in [0.3, 0.4) is 0 Å². The van der Waals surface area contributed by atoms with Crippen molar-refractivity contribution in [3.63, 3.8) is 0 Å². The summed E-state index contributed by atoms with van der Waals surface area (Å²) in [5.74, 6) is -4.61. The molecule has 1 aromatic rings. The minimum Gasteiger partial charge on any atom is -0.496 e. The first-order valence-corrected chi connectivity index (χ1v) is 11.1. The number of ether oxygens (including phenoxy) is 1. The van der Waals surface area contributed by atoms with Crippen LogP contribution in [0.25, 0.3) is 0 Å². The van der Waals surface area contributed by atoms with E-state index < -0.39 is 27.3 Å². The standard InChI is InChI=1S/C19H26F2N2O4S/c1-5-23(3)11-22-14-10-15(27-4)17-16(12(14)2)19(20,21)18(17,24)13-6-8-28(25,26)9-7-13/h10-11,13,24H,5-9H2,1-4H3/t18-/m1/s1. The summed E-state index contributed by atoms with van der Waals surface area (Å²) in [6.07, 6.45) is 1.55. The molecule has 1 aliphatic carbocycles. The fourth-order valence-corrected chi connectivity index (χ4v) is 5.60. The smallest absolute Gasteiger partial charge is 0.306 e. The van der Waals surface area contributed by atoms with Crippen LogP contribution in [0.15, 0.2) is 11.1 Å². The van der Waals surface area contributed by atoms with E-state index in [1.165, 1.54) is 7.11 Å². The molecule has 3 rings (SSSR count). The molecule has 0 saturated carbocycles. The third-order valence-electron chi connectivity index (χ3n) is 5.96. The lowest BCUT2D eigenvalue weighted by atomic mass is 9.60. The number of rotatable bonds is 5. The fourth-order valence-electron chi connectivity index (χ4n) is 4.11. The summed E-state index contributed by atoms with van der Waals surface area (Å²) < 4.78 is 59.2. The van der Waals surface area contributed by atoms with Gasteiger partial charge in [0.05, 0.1) is 30.6 Å². The Bertz CT molecular complexity index is 903. The van der Waals surface area contributed by atoms with Gasteiger partial charge < -0.3 is 14.7 Å². The lowest BCUT2D eigenvalue weighted by Gasteiger charge is -2.53. The number of nitrogens with zero attached hydrogens (tertiary/aromatic N) is 2. The van der Waals surface area contributed by atoms with E-state index in [0.717, 1.165) is 0 Å². The third kappa shape index (κ3) is 2.99. The predicted molar refractivity (Wildman–Crippen MR) is 103 cm³/mol. The minimum absolute atomic E-state index is 0.00271. The van der Waals surface area contributed by atoms with Crippen molar-refractivity contribution >= 4 is 21.9 Å². The summed E-state index contributed by atoms with van der Waals surface area (Å²) in [4.78, 5) is 6.10. The maximum atomic E-state index is 15.3. The van der Waals surface area contributed by atoms with Crippen molar-refractivity contribution in [1.82, 2.24) is 4.90 Å². The first-order valence-electron chi connectivity index (χ1n) is 9.27. The molecule has 0 amide bonds. The van der Waals surface area contributed by atoms with Gasteiger partial charge in [0.15, 0.2) is 5.60 Å². The van der Waals surface area contributed by atoms with Crippen molar-refractivity contribution in [3.05, 3.63) is 22.8 Å². The highest BCUT2D eigenvalue weighted by molar-refractivity contribution is 7.91. The molecule has 0 unspecified atom stereocenters. The molecule has 1 aromatic carbocycles. The molecular weight excluding hydrogens is 390 g/mol. The van der Waals surface area contributed by atoms with Crippen LogP contribution < -0.4 is 4.74 Å². The molecule has 6 nitrogen and oxygen atoms in total. The monoisotopic (exact) mass is 416 g/mol.